The Balaban J connectivity index is 0.000000789. The number of rotatable bonds is 4. The number of hydrogen-bond donors (Lipinski definition) is 1. The highest BCUT2D eigenvalue weighted by Crippen LogP contribution is 2.27. The first-order valence-electron chi connectivity index (χ1n) is 8.40. The molecule has 0 fully saturated rings. The van der Waals surface area contributed by atoms with E-state index in [-0.39, 0.29) is 0 Å². The van der Waals surface area contributed by atoms with E-state index in [1.807, 2.05) is 26.8 Å². The number of allylic oxidation sites excluding steroid dienone is 2. The van der Waals surface area contributed by atoms with E-state index in [4.69, 9.17) is 0 Å². The van der Waals surface area contributed by atoms with Gasteiger partial charge in [0, 0.05) is 6.54 Å². The Kier molecular flexibility index (Phi) is 12.1. The number of benzene rings is 1. The molecule has 1 heteroatoms. The van der Waals surface area contributed by atoms with Crippen molar-refractivity contribution >= 4 is 5.57 Å². The summed E-state index contributed by atoms with van der Waals surface area (Å²) >= 11 is 0. The van der Waals surface area contributed by atoms with Gasteiger partial charge in [0.05, 0.1) is 0 Å². The maximum atomic E-state index is 3.81. The largest absolute Gasteiger partial charge is 0.313 e. The lowest BCUT2D eigenvalue weighted by atomic mass is 9.90. The number of hydrogen-bond acceptors (Lipinski definition) is 1. The van der Waals surface area contributed by atoms with Crippen LogP contribution >= 0.6 is 0 Å². The lowest BCUT2D eigenvalue weighted by Crippen LogP contribution is -2.23. The van der Waals surface area contributed by atoms with Gasteiger partial charge in [0.15, 0.2) is 0 Å². The van der Waals surface area contributed by atoms with Crippen LogP contribution in [0.15, 0.2) is 55.1 Å². The second-order valence-corrected chi connectivity index (χ2v) is 5.08. The zero-order valence-electron chi connectivity index (χ0n) is 14.9. The summed E-state index contributed by atoms with van der Waals surface area (Å²) in [6.45, 7) is 17.4. The van der Waals surface area contributed by atoms with Crippen LogP contribution in [0.4, 0.5) is 0 Å². The molecular formula is C21H33N. The van der Waals surface area contributed by atoms with Crippen molar-refractivity contribution in [3.63, 3.8) is 0 Å². The summed E-state index contributed by atoms with van der Waals surface area (Å²) in [7, 11) is 0. The highest BCUT2D eigenvalue weighted by Gasteiger charge is 2.13. The summed E-state index contributed by atoms with van der Waals surface area (Å²) in [5, 5.41) is 3.42. The zero-order valence-corrected chi connectivity index (χ0v) is 14.9. The normalized spacial score (nSPS) is 13.3. The van der Waals surface area contributed by atoms with Crippen LogP contribution in [-0.2, 0) is 6.42 Å². The first kappa shape index (κ1) is 20.4. The summed E-state index contributed by atoms with van der Waals surface area (Å²) in [5.41, 5.74) is 5.95. The van der Waals surface area contributed by atoms with Crippen molar-refractivity contribution in [3.05, 3.63) is 66.3 Å². The fourth-order valence-electron chi connectivity index (χ4n) is 2.46. The second-order valence-electron chi connectivity index (χ2n) is 5.08. The summed E-state index contributed by atoms with van der Waals surface area (Å²) in [4.78, 5) is 0. The molecule has 0 bridgehead atoms. The molecule has 0 spiro atoms. The fraction of sp³-hybridized carbons (Fsp3) is 0.429. The van der Waals surface area contributed by atoms with E-state index in [1.54, 1.807) is 11.6 Å². The molecule has 1 aromatic carbocycles. The zero-order chi connectivity index (χ0) is 16.8. The Labute approximate surface area is 137 Å². The molecule has 1 aliphatic heterocycles. The van der Waals surface area contributed by atoms with E-state index < -0.39 is 0 Å². The predicted octanol–water partition coefficient (Wildman–Crippen LogP) is 5.79. The van der Waals surface area contributed by atoms with Gasteiger partial charge in [0.25, 0.3) is 0 Å². The predicted molar refractivity (Wildman–Crippen MR) is 102 cm³/mol. The molecule has 0 saturated carbocycles. The first-order valence-corrected chi connectivity index (χ1v) is 8.40. The fourth-order valence-corrected chi connectivity index (χ4v) is 2.46. The molecule has 0 amide bonds. The summed E-state index contributed by atoms with van der Waals surface area (Å²) in [6, 6.07) is 8.80. The van der Waals surface area contributed by atoms with Crippen molar-refractivity contribution in [2.24, 2.45) is 0 Å². The molecule has 1 heterocycles. The van der Waals surface area contributed by atoms with Crippen molar-refractivity contribution in [2.45, 2.75) is 47.0 Å². The Morgan fingerprint density at radius 2 is 1.82 bits per heavy atom. The topological polar surface area (TPSA) is 12.0 Å². The maximum Gasteiger partial charge on any atom is 0.0168 e. The van der Waals surface area contributed by atoms with Gasteiger partial charge in [-0.15, -0.1) is 13.2 Å². The van der Waals surface area contributed by atoms with Crippen LogP contribution in [0, 0.1) is 0 Å². The third kappa shape index (κ3) is 6.91. The maximum absolute atomic E-state index is 3.81. The van der Waals surface area contributed by atoms with E-state index in [2.05, 4.69) is 49.7 Å². The first-order chi connectivity index (χ1) is 10.7. The van der Waals surface area contributed by atoms with Crippen molar-refractivity contribution < 1.29 is 0 Å². The molecule has 122 valence electrons. The minimum atomic E-state index is 1.03. The lowest BCUT2D eigenvalue weighted by Gasteiger charge is -2.21. The second kappa shape index (κ2) is 13.1. The van der Waals surface area contributed by atoms with Gasteiger partial charge in [-0.2, -0.15) is 0 Å². The average Bonchev–Trinajstić information content (AvgIpc) is 2.56. The minimum Gasteiger partial charge on any atom is -0.313 e. The standard InChI is InChI=1S/C16H21N.C3H6.C2H6/c1-3-4-7-14-8-5-6-9-16(14)15-10-11-17-12-13(15)2;1-3-2;1-2/h3,5-6,8-9,17H,1,4,7,10-12H2,2H3;3H,1H2,2H3;1-2H3. The quantitative estimate of drug-likeness (QED) is 0.694. The third-order valence-electron chi connectivity index (χ3n) is 3.42. The molecule has 0 aliphatic carbocycles. The van der Waals surface area contributed by atoms with Crippen LogP contribution in [0.1, 0.15) is 51.7 Å². The van der Waals surface area contributed by atoms with Gasteiger partial charge in [-0.05, 0) is 56.4 Å². The molecule has 0 atom stereocenters. The Bertz CT molecular complexity index is 469. The van der Waals surface area contributed by atoms with E-state index >= 15 is 0 Å². The van der Waals surface area contributed by atoms with Gasteiger partial charge < -0.3 is 5.32 Å². The van der Waals surface area contributed by atoms with E-state index in [1.165, 1.54) is 16.7 Å². The molecule has 0 aromatic heterocycles. The number of nitrogens with one attached hydrogen (secondary N) is 1. The molecule has 1 aliphatic rings. The van der Waals surface area contributed by atoms with Crippen molar-refractivity contribution in [3.8, 4) is 0 Å². The summed E-state index contributed by atoms with van der Waals surface area (Å²) in [5.74, 6) is 0. The van der Waals surface area contributed by atoms with Gasteiger partial charge in [-0.1, -0.05) is 55.8 Å². The molecule has 0 saturated heterocycles. The molecule has 1 N–H and O–H groups in total. The van der Waals surface area contributed by atoms with Crippen LogP contribution < -0.4 is 5.32 Å². The Hall–Kier alpha value is -1.60. The molecule has 0 unspecified atom stereocenters. The molecule has 0 radical (unpaired) electrons. The third-order valence-corrected chi connectivity index (χ3v) is 3.42. The molecule has 22 heavy (non-hydrogen) atoms. The smallest absolute Gasteiger partial charge is 0.0168 e. The van der Waals surface area contributed by atoms with E-state index in [0.29, 0.717) is 0 Å². The average molecular weight is 300 g/mol. The SMILES string of the molecule is C=CC.C=CCCc1ccccc1C1=C(C)CNCC1.CC. The van der Waals surface area contributed by atoms with Crippen LogP contribution in [-0.4, -0.2) is 13.1 Å². The van der Waals surface area contributed by atoms with Gasteiger partial charge >= 0.3 is 0 Å². The molecule has 2 rings (SSSR count). The van der Waals surface area contributed by atoms with Crippen molar-refractivity contribution in [2.75, 3.05) is 13.1 Å². The van der Waals surface area contributed by atoms with Crippen LogP contribution in [0.25, 0.3) is 5.57 Å². The lowest BCUT2D eigenvalue weighted by molar-refractivity contribution is 0.713. The molecular weight excluding hydrogens is 266 g/mol. The Morgan fingerprint density at radius 1 is 1.18 bits per heavy atom. The van der Waals surface area contributed by atoms with Gasteiger partial charge in [0.1, 0.15) is 0 Å². The minimum absolute atomic E-state index is 1.03. The highest BCUT2D eigenvalue weighted by atomic mass is 14.9. The summed E-state index contributed by atoms with van der Waals surface area (Å²) in [6.07, 6.45) is 7.06. The summed E-state index contributed by atoms with van der Waals surface area (Å²) < 4.78 is 0. The Morgan fingerprint density at radius 3 is 2.41 bits per heavy atom. The van der Waals surface area contributed by atoms with E-state index in [0.717, 1.165) is 32.4 Å². The van der Waals surface area contributed by atoms with Crippen LogP contribution in [0.2, 0.25) is 0 Å². The van der Waals surface area contributed by atoms with Gasteiger partial charge in [-0.3, -0.25) is 0 Å². The van der Waals surface area contributed by atoms with Crippen LogP contribution in [0.5, 0.6) is 0 Å². The van der Waals surface area contributed by atoms with Gasteiger partial charge in [-0.25, -0.2) is 0 Å². The van der Waals surface area contributed by atoms with Crippen molar-refractivity contribution in [1.29, 1.82) is 0 Å². The van der Waals surface area contributed by atoms with Crippen molar-refractivity contribution in [1.82, 2.24) is 5.32 Å². The number of aryl methyl sites for hydroxylation is 1. The highest BCUT2D eigenvalue weighted by molar-refractivity contribution is 5.72. The monoisotopic (exact) mass is 299 g/mol. The molecule has 1 nitrogen and oxygen atoms in total. The van der Waals surface area contributed by atoms with E-state index in [9.17, 15) is 0 Å². The van der Waals surface area contributed by atoms with Crippen LogP contribution in [0.3, 0.4) is 0 Å². The molecule has 1 aromatic rings. The van der Waals surface area contributed by atoms with Gasteiger partial charge in [0.2, 0.25) is 0 Å².